The molecule has 0 aliphatic carbocycles. The van der Waals surface area contributed by atoms with Gasteiger partial charge in [0.25, 0.3) is 5.91 Å². The smallest absolute Gasteiger partial charge is 0.256 e. The van der Waals surface area contributed by atoms with E-state index in [1.165, 1.54) is 0 Å². The predicted octanol–water partition coefficient (Wildman–Crippen LogP) is 6.01. The molecule has 0 radical (unpaired) electrons. The first-order chi connectivity index (χ1) is 13.5. The number of nitrogens with zero attached hydrogens (tertiary/aromatic N) is 1. The summed E-state index contributed by atoms with van der Waals surface area (Å²) in [5.41, 5.74) is 3.27. The molecule has 3 aromatic carbocycles. The Hall–Kier alpha value is -2.58. The van der Waals surface area contributed by atoms with Gasteiger partial charge >= 0.3 is 0 Å². The zero-order valence-corrected chi connectivity index (χ0v) is 17.6. The Morgan fingerprint density at radius 2 is 1.96 bits per heavy atom. The Bertz CT molecular complexity index is 1190. The van der Waals surface area contributed by atoms with E-state index in [1.807, 2.05) is 24.3 Å². The molecule has 0 aliphatic rings. The van der Waals surface area contributed by atoms with Crippen LogP contribution in [0.15, 0.2) is 65.1 Å². The van der Waals surface area contributed by atoms with E-state index < -0.39 is 0 Å². The lowest BCUT2D eigenvalue weighted by Crippen LogP contribution is -2.13. The van der Waals surface area contributed by atoms with E-state index in [2.05, 4.69) is 32.9 Å². The number of carbonyl (C=O) groups is 1. The van der Waals surface area contributed by atoms with Crippen molar-refractivity contribution in [2.75, 3.05) is 12.4 Å². The number of hydrogen-bond acceptors (Lipinski definition) is 4. The number of oxazole rings is 1. The third kappa shape index (κ3) is 3.70. The lowest BCUT2D eigenvalue weighted by atomic mass is 10.2. The molecule has 0 saturated heterocycles. The fraction of sp³-hybridized carbons (Fsp3) is 0.0476. The minimum atomic E-state index is -0.171. The Kier molecular flexibility index (Phi) is 5.23. The van der Waals surface area contributed by atoms with Crippen LogP contribution in [0.4, 0.5) is 5.69 Å². The Balaban J connectivity index is 1.62. The largest absolute Gasteiger partial charge is 0.495 e. The number of methoxy groups -OCH3 is 1. The number of anilines is 1. The molecule has 5 nitrogen and oxygen atoms in total. The lowest BCUT2D eigenvalue weighted by molar-refractivity contribution is 0.102. The van der Waals surface area contributed by atoms with Gasteiger partial charge in [0.1, 0.15) is 11.3 Å². The van der Waals surface area contributed by atoms with Gasteiger partial charge in [-0.25, -0.2) is 4.98 Å². The van der Waals surface area contributed by atoms with Gasteiger partial charge in [0, 0.05) is 14.8 Å². The van der Waals surface area contributed by atoms with Crippen molar-refractivity contribution in [3.05, 3.63) is 74.8 Å². The quantitative estimate of drug-likeness (QED) is 0.346. The predicted molar refractivity (Wildman–Crippen MR) is 118 cm³/mol. The monoisotopic (exact) mass is 504 g/mol. The summed E-state index contributed by atoms with van der Waals surface area (Å²) in [5.74, 6) is 0.859. The first-order valence-corrected chi connectivity index (χ1v) is 9.81. The Morgan fingerprint density at radius 3 is 2.71 bits per heavy atom. The van der Waals surface area contributed by atoms with Gasteiger partial charge in [0.2, 0.25) is 5.89 Å². The average molecular weight is 505 g/mol. The van der Waals surface area contributed by atoms with Crippen LogP contribution in [0.2, 0.25) is 5.02 Å². The summed E-state index contributed by atoms with van der Waals surface area (Å²) in [7, 11) is 1.56. The molecule has 0 bridgehead atoms. The number of fused-ring (bicyclic) bond motifs is 1. The Labute approximate surface area is 179 Å². The normalized spacial score (nSPS) is 10.8. The van der Waals surface area contributed by atoms with Crippen LogP contribution >= 0.6 is 34.2 Å². The number of ether oxygens (including phenoxy) is 1. The number of carbonyl (C=O) groups excluding carboxylic acids is 1. The summed E-state index contributed by atoms with van der Waals surface area (Å²) in [6, 6.07) is 18.1. The summed E-state index contributed by atoms with van der Waals surface area (Å²) < 4.78 is 11.9. The van der Waals surface area contributed by atoms with Crippen molar-refractivity contribution in [3.8, 4) is 17.2 Å². The van der Waals surface area contributed by atoms with E-state index in [0.717, 1.165) is 9.13 Å². The van der Waals surface area contributed by atoms with Crippen molar-refractivity contribution >= 4 is 56.9 Å². The van der Waals surface area contributed by atoms with Gasteiger partial charge < -0.3 is 14.5 Å². The molecule has 1 amide bonds. The summed E-state index contributed by atoms with van der Waals surface area (Å²) in [6.45, 7) is 0. The fourth-order valence-electron chi connectivity index (χ4n) is 2.77. The van der Waals surface area contributed by atoms with E-state index in [9.17, 15) is 4.79 Å². The van der Waals surface area contributed by atoms with Crippen molar-refractivity contribution in [1.29, 1.82) is 0 Å². The lowest BCUT2D eigenvalue weighted by Gasteiger charge is -2.06. The molecule has 0 atom stereocenters. The molecule has 7 heteroatoms. The van der Waals surface area contributed by atoms with E-state index in [4.69, 9.17) is 20.8 Å². The second kappa shape index (κ2) is 7.81. The molecule has 4 rings (SSSR count). The van der Waals surface area contributed by atoms with Gasteiger partial charge in [-0.05, 0) is 71.1 Å². The van der Waals surface area contributed by atoms with Crippen LogP contribution < -0.4 is 10.1 Å². The van der Waals surface area contributed by atoms with Crippen LogP contribution in [-0.4, -0.2) is 18.0 Å². The molecule has 28 heavy (non-hydrogen) atoms. The number of hydrogen-bond donors (Lipinski definition) is 1. The molecule has 0 unspecified atom stereocenters. The standard InChI is InChI=1S/C21H14ClIN2O3/c1-27-18-8-6-12(10-15(18)22)21-25-17-11-13(7-9-19(17)28-21)24-20(26)14-4-2-3-5-16(14)23/h2-11H,1H3,(H,24,26). The minimum absolute atomic E-state index is 0.171. The summed E-state index contributed by atoms with van der Waals surface area (Å²) in [5, 5.41) is 3.38. The van der Waals surface area contributed by atoms with Crippen LogP contribution in [0.25, 0.3) is 22.6 Å². The van der Waals surface area contributed by atoms with E-state index in [0.29, 0.717) is 39.0 Å². The Morgan fingerprint density at radius 1 is 1.14 bits per heavy atom. The van der Waals surface area contributed by atoms with Crippen molar-refractivity contribution in [3.63, 3.8) is 0 Å². The topological polar surface area (TPSA) is 64.4 Å². The van der Waals surface area contributed by atoms with Crippen LogP contribution in [-0.2, 0) is 0 Å². The first-order valence-electron chi connectivity index (χ1n) is 8.35. The average Bonchev–Trinajstić information content (AvgIpc) is 3.11. The van der Waals surface area contributed by atoms with E-state index in [-0.39, 0.29) is 5.91 Å². The molecule has 0 spiro atoms. The highest BCUT2D eigenvalue weighted by molar-refractivity contribution is 14.1. The van der Waals surface area contributed by atoms with Crippen molar-refractivity contribution < 1.29 is 13.9 Å². The summed E-state index contributed by atoms with van der Waals surface area (Å²) in [6.07, 6.45) is 0. The maximum atomic E-state index is 12.5. The van der Waals surface area contributed by atoms with Gasteiger partial charge in [-0.3, -0.25) is 4.79 Å². The number of benzene rings is 3. The van der Waals surface area contributed by atoms with Gasteiger partial charge in [0.15, 0.2) is 5.58 Å². The van der Waals surface area contributed by atoms with Crippen LogP contribution in [0.3, 0.4) is 0 Å². The van der Waals surface area contributed by atoms with Gasteiger partial charge in [-0.2, -0.15) is 0 Å². The molecule has 0 fully saturated rings. The van der Waals surface area contributed by atoms with Crippen molar-refractivity contribution in [2.45, 2.75) is 0 Å². The van der Waals surface area contributed by atoms with Crippen LogP contribution in [0.1, 0.15) is 10.4 Å². The van der Waals surface area contributed by atoms with Crippen molar-refractivity contribution in [1.82, 2.24) is 4.98 Å². The maximum Gasteiger partial charge on any atom is 0.256 e. The van der Waals surface area contributed by atoms with Gasteiger partial charge in [-0.1, -0.05) is 23.7 Å². The molecular weight excluding hydrogens is 491 g/mol. The molecule has 0 aliphatic heterocycles. The fourth-order valence-corrected chi connectivity index (χ4v) is 3.66. The molecule has 140 valence electrons. The number of amides is 1. The molecule has 1 aromatic heterocycles. The second-order valence-corrected chi connectivity index (χ2v) is 7.55. The molecule has 1 heterocycles. The molecular formula is C21H14ClIN2O3. The molecule has 4 aromatic rings. The number of rotatable bonds is 4. The second-order valence-electron chi connectivity index (χ2n) is 5.98. The summed E-state index contributed by atoms with van der Waals surface area (Å²) in [4.78, 5) is 17.0. The highest BCUT2D eigenvalue weighted by Crippen LogP contribution is 2.32. The van der Waals surface area contributed by atoms with Crippen molar-refractivity contribution in [2.24, 2.45) is 0 Å². The highest BCUT2D eigenvalue weighted by Gasteiger charge is 2.13. The van der Waals surface area contributed by atoms with Gasteiger partial charge in [0.05, 0.1) is 17.7 Å². The van der Waals surface area contributed by atoms with Crippen LogP contribution in [0, 0.1) is 3.57 Å². The van der Waals surface area contributed by atoms with Crippen LogP contribution in [0.5, 0.6) is 5.75 Å². The first kappa shape index (κ1) is 18.8. The number of nitrogens with one attached hydrogen (secondary N) is 1. The highest BCUT2D eigenvalue weighted by atomic mass is 127. The third-order valence-electron chi connectivity index (χ3n) is 4.16. The third-order valence-corrected chi connectivity index (χ3v) is 5.40. The number of halogens is 2. The summed E-state index contributed by atoms with van der Waals surface area (Å²) >= 11 is 8.33. The SMILES string of the molecule is COc1ccc(-c2nc3cc(NC(=O)c4ccccc4I)ccc3o2)cc1Cl. The zero-order chi connectivity index (χ0) is 19.7. The van der Waals surface area contributed by atoms with E-state index in [1.54, 1.807) is 43.5 Å². The maximum absolute atomic E-state index is 12.5. The minimum Gasteiger partial charge on any atom is -0.495 e. The van der Waals surface area contributed by atoms with Gasteiger partial charge in [-0.15, -0.1) is 0 Å². The number of aromatic nitrogens is 1. The molecule has 0 saturated carbocycles. The zero-order valence-electron chi connectivity index (χ0n) is 14.7. The van der Waals surface area contributed by atoms with E-state index >= 15 is 0 Å². The molecule has 1 N–H and O–H groups in total.